The normalized spacial score (nSPS) is 12.8. The number of hydrogen-bond acceptors (Lipinski definition) is 3. The quantitative estimate of drug-likeness (QED) is 0.121. The molecular weight excluding hydrogens is 540 g/mol. The van der Waals surface area contributed by atoms with Crippen LogP contribution in [0.4, 0.5) is 17.6 Å². The van der Waals surface area contributed by atoms with Gasteiger partial charge in [-0.15, -0.1) is 0 Å². The number of ketones is 1. The fraction of sp³-hybridized carbons (Fsp3) is 0.484. The lowest BCUT2D eigenvalue weighted by molar-refractivity contribution is -0.140. The number of aryl methyl sites for hydroxylation is 1. The number of benzene rings is 1. The van der Waals surface area contributed by atoms with Crippen molar-refractivity contribution in [2.45, 2.75) is 85.7 Å². The third-order valence-electron chi connectivity index (χ3n) is 5.62. The van der Waals surface area contributed by atoms with Gasteiger partial charge in [0.05, 0.1) is 11.3 Å². The zero-order chi connectivity index (χ0) is 31.0. The monoisotopic (exact) mass is 584 g/mol. The van der Waals surface area contributed by atoms with E-state index in [9.17, 15) is 27.2 Å². The molecule has 4 nitrogen and oxygen atoms in total. The summed E-state index contributed by atoms with van der Waals surface area (Å²) >= 11 is 0. The predicted molar refractivity (Wildman–Crippen MR) is 162 cm³/mol. The van der Waals surface area contributed by atoms with E-state index in [-0.39, 0.29) is 17.8 Å². The topological polar surface area (TPSA) is 52.0 Å². The minimum atomic E-state index is -4.73. The first-order valence-corrected chi connectivity index (χ1v) is 15.3. The maximum atomic E-state index is 12.8. The molecule has 0 amide bonds. The molecule has 0 radical (unpaired) electrons. The van der Waals surface area contributed by atoms with Crippen molar-refractivity contribution in [2.75, 3.05) is 11.5 Å². The largest absolute Gasteiger partial charge is 0.419 e. The number of carbonyl (C=O) groups is 2. The van der Waals surface area contributed by atoms with Crippen LogP contribution in [-0.2, 0) is 23.8 Å². The number of aromatic nitrogens is 2. The number of imidazole rings is 1. The van der Waals surface area contributed by atoms with Gasteiger partial charge in [-0.25, -0.2) is 9.37 Å². The van der Waals surface area contributed by atoms with Gasteiger partial charge in [-0.1, -0.05) is 59.7 Å². The van der Waals surface area contributed by atoms with Crippen molar-refractivity contribution in [1.29, 1.82) is 0 Å². The third-order valence-corrected chi connectivity index (χ3v) is 7.42. The van der Waals surface area contributed by atoms with Gasteiger partial charge in [0.2, 0.25) is 0 Å². The average Bonchev–Trinajstić information content (AvgIpc) is 3.70. The predicted octanol–water partition coefficient (Wildman–Crippen LogP) is 8.91. The van der Waals surface area contributed by atoms with E-state index >= 15 is 0 Å². The molecule has 224 valence electrons. The van der Waals surface area contributed by atoms with E-state index in [0.29, 0.717) is 28.2 Å². The van der Waals surface area contributed by atoms with Gasteiger partial charge < -0.3 is 0 Å². The van der Waals surface area contributed by atoms with Crippen LogP contribution in [0.15, 0.2) is 37.4 Å². The molecule has 1 unspecified atom stereocenters. The van der Waals surface area contributed by atoms with E-state index in [1.807, 2.05) is 25.3 Å². The van der Waals surface area contributed by atoms with E-state index in [1.165, 1.54) is 30.9 Å². The Labute approximate surface area is 239 Å². The molecule has 1 fully saturated rings. The van der Waals surface area contributed by atoms with E-state index in [4.69, 9.17) is 0 Å². The van der Waals surface area contributed by atoms with Crippen molar-refractivity contribution >= 4 is 34.1 Å². The van der Waals surface area contributed by atoms with Crippen LogP contribution < -0.4 is 0 Å². The summed E-state index contributed by atoms with van der Waals surface area (Å²) in [5, 5.41) is 0. The second kappa shape index (κ2) is 18.5. The maximum absolute atomic E-state index is 12.8. The van der Waals surface area contributed by atoms with E-state index < -0.39 is 17.6 Å². The summed E-state index contributed by atoms with van der Waals surface area (Å²) in [6.07, 6.45) is 2.06. The van der Waals surface area contributed by atoms with E-state index in [0.717, 1.165) is 48.8 Å². The summed E-state index contributed by atoms with van der Waals surface area (Å²) in [6, 6.07) is 2.56. The van der Waals surface area contributed by atoms with Crippen molar-refractivity contribution in [3.8, 4) is 0 Å². The fourth-order valence-electron chi connectivity index (χ4n) is 3.54. The van der Waals surface area contributed by atoms with Gasteiger partial charge >= 0.3 is 6.18 Å². The van der Waals surface area contributed by atoms with Gasteiger partial charge in [0.1, 0.15) is 23.1 Å². The Bertz CT molecular complexity index is 1150. The highest BCUT2D eigenvalue weighted by Gasteiger charge is 2.34. The zero-order valence-corrected chi connectivity index (χ0v) is 25.5. The highest BCUT2D eigenvalue weighted by molar-refractivity contribution is 8.14. The molecule has 0 spiro atoms. The molecular formula is C31H44F4N2O2S. The number of halogens is 4. The van der Waals surface area contributed by atoms with Crippen LogP contribution in [0.3, 0.4) is 0 Å². The summed E-state index contributed by atoms with van der Waals surface area (Å²) in [6.45, 7) is 19.3. The average molecular weight is 585 g/mol. The van der Waals surface area contributed by atoms with Crippen molar-refractivity contribution in [2.24, 2.45) is 0 Å². The number of rotatable bonds is 10. The highest BCUT2D eigenvalue weighted by Crippen LogP contribution is 2.41. The lowest BCUT2D eigenvalue weighted by Gasteiger charge is -2.09. The minimum Gasteiger partial charge on any atom is -0.300 e. The number of alkyl halides is 3. The molecule has 2 aromatic rings. The molecule has 0 N–H and O–H groups in total. The molecule has 1 saturated carbocycles. The standard InChI is InChI=1S/C13H16N2O.C10H8F4O.C6H14S.C2H6/c1-4-9(3)15-11(8-16)13(10-6-7-10)14-12(15)5-2;1-6(15)4-7-2-3-9(11)8(5-7)10(12,13)14;1-4-6-7(3)5-2;1-2/h4,8,10H,1,3,5-7H2,2H3;2-3,5H,4H2,1H3;3-6H2,1-2H3;1-2H3. The maximum Gasteiger partial charge on any atom is 0.419 e. The highest BCUT2D eigenvalue weighted by atomic mass is 32.2. The Morgan fingerprint density at radius 3 is 2.17 bits per heavy atom. The lowest BCUT2D eigenvalue weighted by Crippen LogP contribution is -2.09. The van der Waals surface area contributed by atoms with Crippen LogP contribution in [0.5, 0.6) is 0 Å². The Morgan fingerprint density at radius 2 is 1.80 bits per heavy atom. The molecule has 1 aliphatic rings. The van der Waals surface area contributed by atoms with Gasteiger partial charge in [-0.3, -0.25) is 14.2 Å². The fourth-order valence-corrected chi connectivity index (χ4v) is 4.41. The summed E-state index contributed by atoms with van der Waals surface area (Å²) in [7, 11) is 0.473. The smallest absolute Gasteiger partial charge is 0.300 e. The summed E-state index contributed by atoms with van der Waals surface area (Å²) in [5.74, 6) is 6.33. The van der Waals surface area contributed by atoms with E-state index in [1.54, 1.807) is 6.08 Å². The Morgan fingerprint density at radius 1 is 1.20 bits per heavy atom. The number of Topliss-reactive ketones (excluding diaryl/α,β-unsaturated/α-hetero) is 1. The molecule has 1 aromatic carbocycles. The number of allylic oxidation sites excluding steroid dienone is 2. The Balaban J connectivity index is 0.000000591. The van der Waals surface area contributed by atoms with Crippen molar-refractivity contribution < 1.29 is 27.2 Å². The van der Waals surface area contributed by atoms with Gasteiger partial charge in [0, 0.05) is 24.5 Å². The summed E-state index contributed by atoms with van der Waals surface area (Å²) in [4.78, 5) is 26.4. The number of aldehydes is 1. The molecule has 1 aromatic heterocycles. The van der Waals surface area contributed by atoms with Gasteiger partial charge in [0.25, 0.3) is 0 Å². The van der Waals surface area contributed by atoms with Crippen LogP contribution in [0.25, 0.3) is 5.70 Å². The summed E-state index contributed by atoms with van der Waals surface area (Å²) < 4.78 is 51.3. The van der Waals surface area contributed by atoms with Crippen LogP contribution in [-0.4, -0.2) is 39.0 Å². The molecule has 3 rings (SSSR count). The molecule has 0 aliphatic heterocycles. The Hall–Kier alpha value is -2.81. The van der Waals surface area contributed by atoms with Crippen molar-refractivity contribution in [3.63, 3.8) is 0 Å². The van der Waals surface area contributed by atoms with Crippen LogP contribution in [0.2, 0.25) is 0 Å². The SMILES string of the molecule is C=CC(=C)n1c(CC)nc(C2CC2)c1C=O.C=S(CC)CCC.CC.CC(=O)Cc1ccc(F)c(C(F)(F)F)c1. The zero-order valence-electron chi connectivity index (χ0n) is 24.7. The van der Waals surface area contributed by atoms with E-state index in [2.05, 4.69) is 37.9 Å². The van der Waals surface area contributed by atoms with Gasteiger partial charge in [0.15, 0.2) is 6.29 Å². The first-order valence-electron chi connectivity index (χ1n) is 13.5. The van der Waals surface area contributed by atoms with Crippen molar-refractivity contribution in [3.05, 3.63) is 71.6 Å². The molecule has 1 atom stereocenters. The van der Waals surface area contributed by atoms with Gasteiger partial charge in [-0.2, -0.15) is 23.7 Å². The molecule has 1 aliphatic carbocycles. The van der Waals surface area contributed by atoms with Crippen LogP contribution in [0, 0.1) is 5.82 Å². The molecule has 9 heteroatoms. The second-order valence-electron chi connectivity index (χ2n) is 8.87. The number of nitrogens with zero attached hydrogens (tertiary/aromatic N) is 2. The molecule has 1 heterocycles. The van der Waals surface area contributed by atoms with Gasteiger partial charge in [-0.05, 0) is 61.5 Å². The minimum absolute atomic E-state index is 0.122. The molecule has 0 saturated heterocycles. The molecule has 0 bridgehead atoms. The first kappa shape index (κ1) is 37.2. The number of hydrogen-bond donors (Lipinski definition) is 0. The summed E-state index contributed by atoms with van der Waals surface area (Å²) in [5.41, 5.74) is 1.15. The van der Waals surface area contributed by atoms with Crippen LogP contribution in [0.1, 0.15) is 99.9 Å². The third kappa shape index (κ3) is 12.1. The van der Waals surface area contributed by atoms with Crippen LogP contribution >= 0.6 is 10.5 Å². The number of carbonyl (C=O) groups excluding carboxylic acids is 2. The first-order chi connectivity index (χ1) is 18.8. The molecule has 40 heavy (non-hydrogen) atoms. The second-order valence-corrected chi connectivity index (χ2v) is 11.1. The lowest BCUT2D eigenvalue weighted by atomic mass is 10.1. The van der Waals surface area contributed by atoms with Crippen molar-refractivity contribution in [1.82, 2.24) is 9.55 Å². The Kier molecular flexibility index (Phi) is 17.2.